The van der Waals surface area contributed by atoms with Crippen molar-refractivity contribution < 1.29 is 14.7 Å². The SMILES string of the molecule is CCC(C)NC(=O)CCn1c(C)nnc1SCC(=O)O. The maximum absolute atomic E-state index is 11.7. The summed E-state index contributed by atoms with van der Waals surface area (Å²) in [6.45, 7) is 6.19. The van der Waals surface area contributed by atoms with E-state index in [9.17, 15) is 9.59 Å². The molecule has 1 unspecified atom stereocenters. The number of aromatic nitrogens is 3. The van der Waals surface area contributed by atoms with Crippen LogP contribution in [0.2, 0.25) is 0 Å². The molecule has 0 fully saturated rings. The minimum absolute atomic E-state index is 0.0263. The standard InChI is InChI=1S/C12H20N4O3S/c1-4-8(2)13-10(17)5-6-16-9(3)14-15-12(16)20-7-11(18)19/h8H,4-7H2,1-3H3,(H,13,17)(H,18,19). The van der Waals surface area contributed by atoms with E-state index in [2.05, 4.69) is 15.5 Å². The predicted molar refractivity (Wildman–Crippen MR) is 75.6 cm³/mol. The fraction of sp³-hybridized carbons (Fsp3) is 0.667. The van der Waals surface area contributed by atoms with Gasteiger partial charge in [-0.2, -0.15) is 0 Å². The van der Waals surface area contributed by atoms with Crippen LogP contribution in [0.3, 0.4) is 0 Å². The van der Waals surface area contributed by atoms with Gasteiger partial charge >= 0.3 is 5.97 Å². The largest absolute Gasteiger partial charge is 0.481 e. The number of amides is 1. The van der Waals surface area contributed by atoms with E-state index in [1.165, 1.54) is 0 Å². The Hall–Kier alpha value is -1.57. The van der Waals surface area contributed by atoms with Crippen LogP contribution in [-0.2, 0) is 16.1 Å². The molecular formula is C12H20N4O3S. The highest BCUT2D eigenvalue weighted by molar-refractivity contribution is 7.99. The van der Waals surface area contributed by atoms with Crippen LogP contribution in [-0.4, -0.2) is 43.5 Å². The van der Waals surface area contributed by atoms with Gasteiger partial charge in [0.25, 0.3) is 0 Å². The van der Waals surface area contributed by atoms with E-state index in [0.29, 0.717) is 23.9 Å². The quantitative estimate of drug-likeness (QED) is 0.697. The number of carbonyl (C=O) groups excluding carboxylic acids is 1. The summed E-state index contributed by atoms with van der Waals surface area (Å²) in [4.78, 5) is 22.3. The highest BCUT2D eigenvalue weighted by Gasteiger charge is 2.13. The van der Waals surface area contributed by atoms with Crippen LogP contribution in [0.15, 0.2) is 5.16 Å². The molecule has 8 heteroatoms. The summed E-state index contributed by atoms with van der Waals surface area (Å²) in [5.41, 5.74) is 0. The van der Waals surface area contributed by atoms with Crippen LogP contribution in [0.1, 0.15) is 32.5 Å². The smallest absolute Gasteiger partial charge is 0.313 e. The van der Waals surface area contributed by atoms with Crippen molar-refractivity contribution in [2.45, 2.75) is 51.4 Å². The normalized spacial score (nSPS) is 12.2. The van der Waals surface area contributed by atoms with Gasteiger partial charge in [-0.3, -0.25) is 9.59 Å². The maximum Gasteiger partial charge on any atom is 0.313 e. The summed E-state index contributed by atoms with van der Waals surface area (Å²) >= 11 is 1.10. The fourth-order valence-electron chi connectivity index (χ4n) is 1.51. The minimum Gasteiger partial charge on any atom is -0.481 e. The number of carboxylic acid groups (broad SMARTS) is 1. The molecule has 2 N–H and O–H groups in total. The molecule has 1 aromatic rings. The molecule has 20 heavy (non-hydrogen) atoms. The van der Waals surface area contributed by atoms with Gasteiger partial charge in [-0.1, -0.05) is 18.7 Å². The van der Waals surface area contributed by atoms with Crippen LogP contribution in [0.5, 0.6) is 0 Å². The molecule has 1 heterocycles. The lowest BCUT2D eigenvalue weighted by atomic mass is 10.2. The van der Waals surface area contributed by atoms with Crippen LogP contribution in [0.4, 0.5) is 0 Å². The first-order valence-corrected chi connectivity index (χ1v) is 7.46. The summed E-state index contributed by atoms with van der Waals surface area (Å²) in [6, 6.07) is 0.158. The lowest BCUT2D eigenvalue weighted by Crippen LogP contribution is -2.32. The summed E-state index contributed by atoms with van der Waals surface area (Å²) in [5.74, 6) is -0.329. The van der Waals surface area contributed by atoms with Crippen molar-refractivity contribution in [2.75, 3.05) is 5.75 Å². The first-order chi connectivity index (χ1) is 9.43. The van der Waals surface area contributed by atoms with Gasteiger partial charge in [0.1, 0.15) is 5.82 Å². The molecule has 0 bridgehead atoms. The average Bonchev–Trinajstić information content (AvgIpc) is 2.74. The van der Waals surface area contributed by atoms with Crippen molar-refractivity contribution in [3.05, 3.63) is 5.82 Å². The van der Waals surface area contributed by atoms with E-state index < -0.39 is 5.97 Å². The molecule has 0 aliphatic rings. The van der Waals surface area contributed by atoms with Gasteiger partial charge in [0.15, 0.2) is 5.16 Å². The number of nitrogens with one attached hydrogen (secondary N) is 1. The van der Waals surface area contributed by atoms with Crippen molar-refractivity contribution in [3.8, 4) is 0 Å². The molecule has 0 aliphatic heterocycles. The van der Waals surface area contributed by atoms with Gasteiger partial charge in [0, 0.05) is 19.0 Å². The highest BCUT2D eigenvalue weighted by Crippen LogP contribution is 2.16. The molecule has 1 rings (SSSR count). The second-order valence-corrected chi connectivity index (χ2v) is 5.43. The van der Waals surface area contributed by atoms with Crippen LogP contribution >= 0.6 is 11.8 Å². The van der Waals surface area contributed by atoms with E-state index in [0.717, 1.165) is 18.2 Å². The van der Waals surface area contributed by atoms with Crippen molar-refractivity contribution >= 4 is 23.6 Å². The molecule has 1 aromatic heterocycles. The third-order valence-corrected chi connectivity index (χ3v) is 3.76. The van der Waals surface area contributed by atoms with Crippen molar-refractivity contribution in [1.29, 1.82) is 0 Å². The van der Waals surface area contributed by atoms with Crippen LogP contribution in [0.25, 0.3) is 0 Å². The Morgan fingerprint density at radius 1 is 1.45 bits per heavy atom. The van der Waals surface area contributed by atoms with E-state index in [1.807, 2.05) is 13.8 Å². The topological polar surface area (TPSA) is 97.1 Å². The zero-order valence-corrected chi connectivity index (χ0v) is 12.7. The Balaban J connectivity index is 2.56. The number of hydrogen-bond donors (Lipinski definition) is 2. The molecule has 0 saturated heterocycles. The van der Waals surface area contributed by atoms with Gasteiger partial charge in [-0.05, 0) is 20.3 Å². The van der Waals surface area contributed by atoms with E-state index in [1.54, 1.807) is 11.5 Å². The third-order valence-electron chi connectivity index (χ3n) is 2.81. The maximum atomic E-state index is 11.7. The predicted octanol–water partition coefficient (Wildman–Crippen LogP) is 1.07. The summed E-state index contributed by atoms with van der Waals surface area (Å²) in [5, 5.41) is 19.9. The van der Waals surface area contributed by atoms with Gasteiger partial charge in [0.2, 0.25) is 5.91 Å². The number of carbonyl (C=O) groups is 2. The number of thioether (sulfide) groups is 1. The number of carboxylic acids is 1. The zero-order chi connectivity index (χ0) is 15.1. The van der Waals surface area contributed by atoms with Crippen molar-refractivity contribution in [2.24, 2.45) is 0 Å². The van der Waals surface area contributed by atoms with Gasteiger partial charge in [-0.15, -0.1) is 10.2 Å². The van der Waals surface area contributed by atoms with E-state index >= 15 is 0 Å². The van der Waals surface area contributed by atoms with Gasteiger partial charge in [0.05, 0.1) is 5.75 Å². The molecule has 0 spiro atoms. The van der Waals surface area contributed by atoms with Crippen LogP contribution < -0.4 is 5.32 Å². The number of rotatable bonds is 8. The summed E-state index contributed by atoms with van der Waals surface area (Å²) in [7, 11) is 0. The van der Waals surface area contributed by atoms with Gasteiger partial charge in [-0.25, -0.2) is 0 Å². The molecule has 0 aliphatic carbocycles. The van der Waals surface area contributed by atoms with Crippen LogP contribution in [0, 0.1) is 6.92 Å². The number of hydrogen-bond acceptors (Lipinski definition) is 5. The lowest BCUT2D eigenvalue weighted by molar-refractivity contribution is -0.134. The van der Waals surface area contributed by atoms with Gasteiger partial charge < -0.3 is 15.0 Å². The van der Waals surface area contributed by atoms with E-state index in [-0.39, 0.29) is 17.7 Å². The molecule has 7 nitrogen and oxygen atoms in total. The average molecular weight is 300 g/mol. The Morgan fingerprint density at radius 2 is 2.15 bits per heavy atom. The highest BCUT2D eigenvalue weighted by atomic mass is 32.2. The first-order valence-electron chi connectivity index (χ1n) is 6.47. The van der Waals surface area contributed by atoms with E-state index in [4.69, 9.17) is 5.11 Å². The third kappa shape index (κ3) is 5.20. The summed E-state index contributed by atoms with van der Waals surface area (Å²) in [6.07, 6.45) is 1.21. The molecule has 0 radical (unpaired) electrons. The monoisotopic (exact) mass is 300 g/mol. The Morgan fingerprint density at radius 3 is 2.75 bits per heavy atom. The second-order valence-electron chi connectivity index (χ2n) is 4.49. The van der Waals surface area contributed by atoms with Crippen molar-refractivity contribution in [3.63, 3.8) is 0 Å². The Kier molecular flexibility index (Phi) is 6.50. The Labute approximate surface area is 122 Å². The number of nitrogens with zero attached hydrogens (tertiary/aromatic N) is 3. The second kappa shape index (κ2) is 7.88. The fourth-order valence-corrected chi connectivity index (χ4v) is 2.24. The van der Waals surface area contributed by atoms with Crippen molar-refractivity contribution in [1.82, 2.24) is 20.1 Å². The molecular weight excluding hydrogens is 280 g/mol. The molecule has 112 valence electrons. The summed E-state index contributed by atoms with van der Waals surface area (Å²) < 4.78 is 1.77. The first kappa shape index (κ1) is 16.5. The molecule has 0 saturated carbocycles. The minimum atomic E-state index is -0.906. The Bertz CT molecular complexity index is 475. The molecule has 0 aromatic carbocycles. The number of aryl methyl sites for hydroxylation is 1. The molecule has 1 atom stereocenters. The lowest BCUT2D eigenvalue weighted by Gasteiger charge is -2.12. The molecule has 1 amide bonds. The zero-order valence-electron chi connectivity index (χ0n) is 11.9. The number of aliphatic carboxylic acids is 1.